The maximum atomic E-state index is 5.83. The zero-order chi connectivity index (χ0) is 11.0. The van der Waals surface area contributed by atoms with Crippen molar-refractivity contribution in [2.24, 2.45) is 5.92 Å². The first-order chi connectivity index (χ1) is 6.60. The highest BCUT2D eigenvalue weighted by Gasteiger charge is 2.08. The Balaban J connectivity index is 3.47. The molecule has 0 saturated carbocycles. The summed E-state index contributed by atoms with van der Waals surface area (Å²) in [6, 6.07) is 0. The minimum absolute atomic E-state index is 0.423. The van der Waals surface area contributed by atoms with E-state index in [0.717, 1.165) is 12.3 Å². The smallest absolute Gasteiger partial charge is 0.0550 e. The molecule has 0 aliphatic heterocycles. The molecular formula is C13H28O. The van der Waals surface area contributed by atoms with Gasteiger partial charge in [-0.25, -0.2) is 0 Å². The van der Waals surface area contributed by atoms with Gasteiger partial charge in [0.15, 0.2) is 0 Å². The van der Waals surface area contributed by atoms with E-state index >= 15 is 0 Å². The van der Waals surface area contributed by atoms with Gasteiger partial charge in [0.2, 0.25) is 0 Å². The van der Waals surface area contributed by atoms with Crippen molar-refractivity contribution >= 4 is 0 Å². The molecule has 14 heavy (non-hydrogen) atoms. The van der Waals surface area contributed by atoms with E-state index in [4.69, 9.17) is 4.74 Å². The van der Waals surface area contributed by atoms with Crippen molar-refractivity contribution in [1.29, 1.82) is 0 Å². The summed E-state index contributed by atoms with van der Waals surface area (Å²) in [5.74, 6) is 0.864. The minimum atomic E-state index is 0.423. The lowest BCUT2D eigenvalue weighted by Crippen LogP contribution is -2.17. The number of rotatable bonds is 8. The monoisotopic (exact) mass is 200 g/mol. The van der Waals surface area contributed by atoms with Gasteiger partial charge in [-0.2, -0.15) is 0 Å². The standard InChI is InChI=1S/C13H28O/c1-6-8-11(3)9-10-13(5)14-12(4)7-2/h11-13H,6-10H2,1-5H3. The second-order valence-electron chi connectivity index (χ2n) is 4.64. The Kier molecular flexibility index (Phi) is 8.26. The molecule has 1 heteroatoms. The molecule has 86 valence electrons. The topological polar surface area (TPSA) is 9.23 Å². The van der Waals surface area contributed by atoms with Crippen molar-refractivity contribution < 1.29 is 4.74 Å². The first kappa shape index (κ1) is 14.0. The summed E-state index contributed by atoms with van der Waals surface area (Å²) in [4.78, 5) is 0. The first-order valence-electron chi connectivity index (χ1n) is 6.25. The van der Waals surface area contributed by atoms with Crippen LogP contribution in [0.25, 0.3) is 0 Å². The van der Waals surface area contributed by atoms with Crippen LogP contribution in [0.4, 0.5) is 0 Å². The van der Waals surface area contributed by atoms with E-state index in [9.17, 15) is 0 Å². The van der Waals surface area contributed by atoms with E-state index in [2.05, 4.69) is 34.6 Å². The molecule has 0 spiro atoms. The fraction of sp³-hybridized carbons (Fsp3) is 1.00. The molecule has 0 aromatic rings. The molecule has 0 amide bonds. The quantitative estimate of drug-likeness (QED) is 0.564. The van der Waals surface area contributed by atoms with Gasteiger partial charge in [0.1, 0.15) is 0 Å². The van der Waals surface area contributed by atoms with Crippen molar-refractivity contribution in [3.8, 4) is 0 Å². The second-order valence-corrected chi connectivity index (χ2v) is 4.64. The van der Waals surface area contributed by atoms with Crippen molar-refractivity contribution in [2.75, 3.05) is 0 Å². The molecule has 0 radical (unpaired) electrons. The van der Waals surface area contributed by atoms with Crippen LogP contribution < -0.4 is 0 Å². The normalized spacial score (nSPS) is 17.8. The third-order valence-corrected chi connectivity index (χ3v) is 2.89. The van der Waals surface area contributed by atoms with Crippen molar-refractivity contribution in [3.63, 3.8) is 0 Å². The van der Waals surface area contributed by atoms with Gasteiger partial charge in [0.05, 0.1) is 12.2 Å². The van der Waals surface area contributed by atoms with Gasteiger partial charge in [0.25, 0.3) is 0 Å². The zero-order valence-electron chi connectivity index (χ0n) is 10.7. The van der Waals surface area contributed by atoms with Gasteiger partial charge >= 0.3 is 0 Å². The summed E-state index contributed by atoms with van der Waals surface area (Å²) < 4.78 is 5.83. The Morgan fingerprint density at radius 3 is 2.00 bits per heavy atom. The lowest BCUT2D eigenvalue weighted by molar-refractivity contribution is -0.000317. The molecule has 3 atom stereocenters. The Labute approximate surface area is 90.2 Å². The highest BCUT2D eigenvalue weighted by molar-refractivity contribution is 4.59. The summed E-state index contributed by atoms with van der Waals surface area (Å²) in [7, 11) is 0. The van der Waals surface area contributed by atoms with E-state index in [1.165, 1.54) is 25.7 Å². The predicted molar refractivity (Wildman–Crippen MR) is 63.6 cm³/mol. The van der Waals surface area contributed by atoms with Crippen molar-refractivity contribution in [1.82, 2.24) is 0 Å². The highest BCUT2D eigenvalue weighted by Crippen LogP contribution is 2.16. The molecule has 0 aromatic heterocycles. The van der Waals surface area contributed by atoms with Crippen LogP contribution in [-0.4, -0.2) is 12.2 Å². The average molecular weight is 200 g/mol. The number of hydrogen-bond donors (Lipinski definition) is 0. The van der Waals surface area contributed by atoms with Crippen LogP contribution >= 0.6 is 0 Å². The van der Waals surface area contributed by atoms with Crippen LogP contribution in [0.2, 0.25) is 0 Å². The van der Waals surface area contributed by atoms with Gasteiger partial charge in [-0.15, -0.1) is 0 Å². The molecule has 0 rings (SSSR count). The summed E-state index contributed by atoms with van der Waals surface area (Å²) >= 11 is 0. The van der Waals surface area contributed by atoms with Crippen LogP contribution in [0.5, 0.6) is 0 Å². The van der Waals surface area contributed by atoms with Gasteiger partial charge in [-0.1, -0.05) is 33.6 Å². The third-order valence-electron chi connectivity index (χ3n) is 2.89. The molecule has 0 aliphatic rings. The molecule has 1 nitrogen and oxygen atoms in total. The number of ether oxygens (including phenoxy) is 1. The van der Waals surface area contributed by atoms with Gasteiger partial charge in [0, 0.05) is 0 Å². The molecule has 0 aliphatic carbocycles. The van der Waals surface area contributed by atoms with Crippen LogP contribution in [-0.2, 0) is 4.74 Å². The van der Waals surface area contributed by atoms with Crippen molar-refractivity contribution in [3.05, 3.63) is 0 Å². The van der Waals surface area contributed by atoms with Gasteiger partial charge in [-0.3, -0.25) is 0 Å². The second kappa shape index (κ2) is 8.28. The minimum Gasteiger partial charge on any atom is -0.376 e. The lowest BCUT2D eigenvalue weighted by Gasteiger charge is -2.19. The fourth-order valence-electron chi connectivity index (χ4n) is 1.72. The fourth-order valence-corrected chi connectivity index (χ4v) is 1.72. The van der Waals surface area contributed by atoms with E-state index in [-0.39, 0.29) is 0 Å². The average Bonchev–Trinajstić information content (AvgIpc) is 2.15. The lowest BCUT2D eigenvalue weighted by atomic mass is 9.99. The molecule has 3 unspecified atom stereocenters. The maximum Gasteiger partial charge on any atom is 0.0550 e. The van der Waals surface area contributed by atoms with Gasteiger partial charge in [-0.05, 0) is 39.0 Å². The van der Waals surface area contributed by atoms with E-state index < -0.39 is 0 Å². The molecule has 0 aromatic carbocycles. The van der Waals surface area contributed by atoms with E-state index in [0.29, 0.717) is 12.2 Å². The molecule has 0 heterocycles. The molecule has 0 bridgehead atoms. The summed E-state index contributed by atoms with van der Waals surface area (Å²) in [6.07, 6.45) is 7.17. The Morgan fingerprint density at radius 2 is 1.50 bits per heavy atom. The molecular weight excluding hydrogens is 172 g/mol. The first-order valence-corrected chi connectivity index (χ1v) is 6.25. The number of hydrogen-bond acceptors (Lipinski definition) is 1. The SMILES string of the molecule is CCCC(C)CCC(C)OC(C)CC. The third kappa shape index (κ3) is 7.37. The Hall–Kier alpha value is -0.0400. The Bertz CT molecular complexity index is 122. The zero-order valence-corrected chi connectivity index (χ0v) is 10.7. The van der Waals surface area contributed by atoms with Gasteiger partial charge < -0.3 is 4.74 Å². The summed E-state index contributed by atoms with van der Waals surface area (Å²) in [5, 5.41) is 0. The highest BCUT2D eigenvalue weighted by atomic mass is 16.5. The van der Waals surface area contributed by atoms with E-state index in [1.807, 2.05) is 0 Å². The molecule has 0 N–H and O–H groups in total. The van der Waals surface area contributed by atoms with E-state index in [1.54, 1.807) is 0 Å². The van der Waals surface area contributed by atoms with Crippen molar-refractivity contribution in [2.45, 2.75) is 78.9 Å². The summed E-state index contributed by atoms with van der Waals surface area (Å²) in [6.45, 7) is 11.1. The summed E-state index contributed by atoms with van der Waals surface area (Å²) in [5.41, 5.74) is 0. The largest absolute Gasteiger partial charge is 0.376 e. The van der Waals surface area contributed by atoms with Crippen LogP contribution in [0.15, 0.2) is 0 Å². The van der Waals surface area contributed by atoms with Crippen LogP contribution in [0, 0.1) is 5.92 Å². The maximum absolute atomic E-state index is 5.83. The van der Waals surface area contributed by atoms with Crippen LogP contribution in [0.3, 0.4) is 0 Å². The molecule has 0 saturated heterocycles. The molecule has 0 fully saturated rings. The predicted octanol–water partition coefficient (Wildman–Crippen LogP) is 4.41. The Morgan fingerprint density at radius 1 is 0.857 bits per heavy atom. The van der Waals surface area contributed by atoms with Crippen LogP contribution in [0.1, 0.15) is 66.7 Å².